The van der Waals surface area contributed by atoms with Crippen molar-refractivity contribution in [1.29, 1.82) is 0 Å². The zero-order chi connectivity index (χ0) is 8.69. The van der Waals surface area contributed by atoms with Gasteiger partial charge in [0.15, 0.2) is 0 Å². The second-order valence-electron chi connectivity index (χ2n) is 2.25. The molecule has 0 radical (unpaired) electrons. The lowest BCUT2D eigenvalue weighted by atomic mass is 10.2. The molecule has 0 aromatic carbocycles. The van der Waals surface area contributed by atoms with Gasteiger partial charge < -0.3 is 0 Å². The molecule has 0 fully saturated rings. The predicted octanol–water partition coefficient (Wildman–Crippen LogP) is 2.51. The molecule has 3 nitrogen and oxygen atoms in total. The molecule has 4 heteroatoms. The lowest BCUT2D eigenvalue weighted by molar-refractivity contribution is 0.878. The van der Waals surface area contributed by atoms with Crippen LogP contribution in [-0.4, -0.2) is 18.4 Å². The maximum absolute atomic E-state index is 4.05. The molecule has 0 heterocycles. The Morgan fingerprint density at radius 3 is 2.45 bits per heavy atom. The number of aliphatic imine (C=N–C) groups is 2. The van der Waals surface area contributed by atoms with Gasteiger partial charge in [-0.2, -0.15) is 3.21 Å². The van der Waals surface area contributed by atoms with Gasteiger partial charge >= 0.3 is 0 Å². The Hall–Kier alpha value is -0.260. The average molecular weight is 265 g/mol. The van der Waals surface area contributed by atoms with Crippen LogP contribution < -0.4 is 0 Å². The van der Waals surface area contributed by atoms with Gasteiger partial charge in [-0.1, -0.05) is 13.8 Å². The van der Waals surface area contributed by atoms with Crippen molar-refractivity contribution < 1.29 is 0 Å². The highest BCUT2D eigenvalue weighted by Crippen LogP contribution is 2.01. The van der Waals surface area contributed by atoms with E-state index in [0.29, 0.717) is 5.92 Å². The molecule has 0 atom stereocenters. The number of hydrogen-bond acceptors (Lipinski definition) is 1. The van der Waals surface area contributed by atoms with E-state index in [0.717, 1.165) is 5.84 Å². The fourth-order valence-corrected chi connectivity index (χ4v) is 1.11. The van der Waals surface area contributed by atoms with E-state index < -0.39 is 0 Å². The molecule has 0 aliphatic rings. The Kier molecular flexibility index (Phi) is 6.30. The van der Waals surface area contributed by atoms with Gasteiger partial charge in [-0.05, 0) is 6.92 Å². The van der Waals surface area contributed by atoms with Gasteiger partial charge in [0.05, 0.1) is 22.9 Å². The third-order valence-corrected chi connectivity index (χ3v) is 1.50. The third-order valence-electron chi connectivity index (χ3n) is 1.01. The molecule has 0 saturated carbocycles. The number of halogens is 1. The van der Waals surface area contributed by atoms with E-state index in [9.17, 15) is 0 Å². The first-order valence-electron chi connectivity index (χ1n) is 3.41. The van der Waals surface area contributed by atoms with Gasteiger partial charge in [0.1, 0.15) is 12.2 Å². The van der Waals surface area contributed by atoms with Crippen LogP contribution in [0.2, 0.25) is 0 Å². The zero-order valence-corrected chi connectivity index (χ0v) is 9.11. The highest BCUT2D eigenvalue weighted by molar-refractivity contribution is 14.1. The summed E-state index contributed by atoms with van der Waals surface area (Å²) in [6, 6.07) is 0. The quantitative estimate of drug-likeness (QED) is 0.418. The van der Waals surface area contributed by atoms with Crippen molar-refractivity contribution in [2.75, 3.05) is 0 Å². The van der Waals surface area contributed by atoms with E-state index in [2.05, 4.69) is 13.2 Å². The third kappa shape index (κ3) is 5.06. The van der Waals surface area contributed by atoms with Crippen LogP contribution in [0.1, 0.15) is 20.8 Å². The van der Waals surface area contributed by atoms with E-state index >= 15 is 0 Å². The molecule has 0 aromatic heterocycles. The van der Waals surface area contributed by atoms with Crippen LogP contribution in [0.5, 0.6) is 0 Å². The second-order valence-corrected chi connectivity index (χ2v) is 2.73. The number of nitrogens with zero attached hydrogens (tertiary/aromatic N) is 3. The lowest BCUT2D eigenvalue weighted by Gasteiger charge is -1.99. The molecule has 0 saturated heterocycles. The fraction of sp³-hybridized carbons (Fsp3) is 0.571. The van der Waals surface area contributed by atoms with E-state index in [-0.39, 0.29) is 0 Å². The summed E-state index contributed by atoms with van der Waals surface area (Å²) in [5, 5.41) is 0. The number of rotatable bonds is 2. The molecular formula is C7H12IN3. The van der Waals surface area contributed by atoms with Crippen molar-refractivity contribution in [1.82, 2.24) is 0 Å². The summed E-state index contributed by atoms with van der Waals surface area (Å²) in [6.45, 7) is 5.94. The summed E-state index contributed by atoms with van der Waals surface area (Å²) in [5.74, 6) is 1.17. The van der Waals surface area contributed by atoms with Gasteiger partial charge in [-0.25, -0.2) is 9.98 Å². The van der Waals surface area contributed by atoms with Crippen LogP contribution in [0.4, 0.5) is 0 Å². The van der Waals surface area contributed by atoms with Crippen molar-refractivity contribution in [2.45, 2.75) is 20.8 Å². The van der Waals surface area contributed by atoms with Crippen LogP contribution >= 0.6 is 22.9 Å². The van der Waals surface area contributed by atoms with Crippen LogP contribution in [-0.2, 0) is 0 Å². The van der Waals surface area contributed by atoms with Crippen LogP contribution in [0.15, 0.2) is 13.2 Å². The first-order chi connectivity index (χ1) is 5.22. The van der Waals surface area contributed by atoms with Gasteiger partial charge in [-0.3, -0.25) is 0 Å². The normalized spacial score (nSPS) is 14.1. The van der Waals surface area contributed by atoms with E-state index in [1.165, 1.54) is 6.34 Å². The average Bonchev–Trinajstić information content (AvgIpc) is 1.97. The molecule has 62 valence electrons. The zero-order valence-electron chi connectivity index (χ0n) is 6.95. The highest BCUT2D eigenvalue weighted by Gasteiger charge is 1.99. The standard InChI is InChI=1S/C7H12IN3/c1-4-9-5-10-7(11-8)6(2)3/h4-6H,1-3H3/b9-4+,10-5-,11-7-. The molecule has 0 unspecified atom stereocenters. The topological polar surface area (TPSA) is 37.1 Å². The molecule has 0 aromatic rings. The maximum Gasteiger partial charge on any atom is 0.139 e. The number of hydrogen-bond donors (Lipinski definition) is 0. The summed E-state index contributed by atoms with van der Waals surface area (Å²) in [6.07, 6.45) is 3.20. The minimum absolute atomic E-state index is 0.357. The molecule has 0 rings (SSSR count). The fourth-order valence-electron chi connectivity index (χ4n) is 0.428. The van der Waals surface area contributed by atoms with E-state index in [1.807, 2.05) is 43.6 Å². The Balaban J connectivity index is 4.10. The SMILES string of the molecule is C/C=N/C=N\C(=N/I)C(C)C. The van der Waals surface area contributed by atoms with Crippen molar-refractivity contribution >= 4 is 41.3 Å². The minimum Gasteiger partial charge on any atom is -0.249 e. The smallest absolute Gasteiger partial charge is 0.139 e. The van der Waals surface area contributed by atoms with Crippen LogP contribution in [0.25, 0.3) is 0 Å². The molecular weight excluding hydrogens is 253 g/mol. The molecule has 0 amide bonds. The maximum atomic E-state index is 4.05. The summed E-state index contributed by atoms with van der Waals surface area (Å²) >= 11 is 1.94. The van der Waals surface area contributed by atoms with E-state index in [1.54, 1.807) is 6.21 Å². The number of amidine groups is 1. The Bertz CT molecular complexity index is 182. The molecule has 0 N–H and O–H groups in total. The Morgan fingerprint density at radius 1 is 1.45 bits per heavy atom. The summed E-state index contributed by atoms with van der Waals surface area (Å²) in [4.78, 5) is 7.89. The summed E-state index contributed by atoms with van der Waals surface area (Å²) in [7, 11) is 0. The molecule has 0 aliphatic heterocycles. The van der Waals surface area contributed by atoms with Crippen molar-refractivity contribution in [3.05, 3.63) is 0 Å². The predicted molar refractivity (Wildman–Crippen MR) is 59.0 cm³/mol. The van der Waals surface area contributed by atoms with Crippen molar-refractivity contribution in [2.24, 2.45) is 19.1 Å². The van der Waals surface area contributed by atoms with Gasteiger partial charge in [0.25, 0.3) is 0 Å². The first kappa shape index (κ1) is 10.7. The Morgan fingerprint density at radius 2 is 2.09 bits per heavy atom. The van der Waals surface area contributed by atoms with Crippen molar-refractivity contribution in [3.63, 3.8) is 0 Å². The second kappa shape index (κ2) is 6.45. The molecule has 11 heavy (non-hydrogen) atoms. The molecule has 0 spiro atoms. The monoisotopic (exact) mass is 265 g/mol. The van der Waals surface area contributed by atoms with Gasteiger partial charge in [-0.15, -0.1) is 0 Å². The minimum atomic E-state index is 0.357. The molecule has 0 aliphatic carbocycles. The summed E-state index contributed by atoms with van der Waals surface area (Å²) in [5.41, 5.74) is 0. The van der Waals surface area contributed by atoms with Gasteiger partial charge in [0.2, 0.25) is 0 Å². The van der Waals surface area contributed by atoms with Crippen LogP contribution in [0, 0.1) is 5.92 Å². The Labute approximate surface area is 81.2 Å². The first-order valence-corrected chi connectivity index (χ1v) is 4.38. The van der Waals surface area contributed by atoms with Gasteiger partial charge in [0, 0.05) is 12.1 Å². The molecule has 0 bridgehead atoms. The lowest BCUT2D eigenvalue weighted by Crippen LogP contribution is -2.02. The largest absolute Gasteiger partial charge is 0.249 e. The van der Waals surface area contributed by atoms with Crippen molar-refractivity contribution in [3.8, 4) is 0 Å². The highest BCUT2D eigenvalue weighted by atomic mass is 127. The van der Waals surface area contributed by atoms with Crippen LogP contribution in [0.3, 0.4) is 0 Å². The van der Waals surface area contributed by atoms with E-state index in [4.69, 9.17) is 0 Å². The summed E-state index contributed by atoms with van der Waals surface area (Å²) < 4.78 is 3.97.